The molecule has 10 heteroatoms. The Bertz CT molecular complexity index is 959. The number of rotatable bonds is 6. The fraction of sp³-hybridized carbons (Fsp3) is 0.500. The van der Waals surface area contributed by atoms with E-state index in [0.717, 1.165) is 16.3 Å². The number of morpholine rings is 1. The van der Waals surface area contributed by atoms with Gasteiger partial charge in [-0.15, -0.1) is 11.3 Å². The summed E-state index contributed by atoms with van der Waals surface area (Å²) in [5.74, 6) is 0. The summed E-state index contributed by atoms with van der Waals surface area (Å²) < 4.78 is 31.9. The largest absolute Gasteiger partial charge is 0.379 e. The Morgan fingerprint density at radius 3 is 2.37 bits per heavy atom. The van der Waals surface area contributed by atoms with Crippen molar-refractivity contribution >= 4 is 27.4 Å². The molecule has 2 aromatic rings. The second-order valence-electron chi connectivity index (χ2n) is 8.09. The number of benzene rings is 1. The third-order valence-electron chi connectivity index (χ3n) is 4.61. The van der Waals surface area contributed by atoms with Crippen LogP contribution in [0, 0.1) is 0 Å². The highest BCUT2D eigenvalue weighted by Gasteiger charge is 2.26. The minimum absolute atomic E-state index is 0.00735. The van der Waals surface area contributed by atoms with Crippen LogP contribution in [0.1, 0.15) is 37.0 Å². The molecule has 1 fully saturated rings. The standard InChI is InChI=1S/C20H28N4O4S2/c1-20(2,3)18-23-16(14-29-18)13-22-19(25)21-12-15-4-6-17(7-5-15)30(26,27)24-8-10-28-11-9-24/h4-7,14H,8-13H2,1-3H3,(H2,21,22,25). The number of thiazole rings is 1. The first-order valence-corrected chi connectivity index (χ1v) is 12.1. The average molecular weight is 453 g/mol. The van der Waals surface area contributed by atoms with Crippen LogP contribution in [0.2, 0.25) is 0 Å². The Morgan fingerprint density at radius 1 is 1.13 bits per heavy atom. The maximum Gasteiger partial charge on any atom is 0.315 e. The summed E-state index contributed by atoms with van der Waals surface area (Å²) in [6.07, 6.45) is 0. The van der Waals surface area contributed by atoms with Crippen molar-refractivity contribution in [3.05, 3.63) is 45.9 Å². The van der Waals surface area contributed by atoms with E-state index in [-0.39, 0.29) is 16.3 Å². The molecule has 8 nitrogen and oxygen atoms in total. The average Bonchev–Trinajstić information content (AvgIpc) is 3.21. The van der Waals surface area contributed by atoms with Gasteiger partial charge in [0.05, 0.1) is 35.4 Å². The molecule has 1 saturated heterocycles. The fourth-order valence-corrected chi connectivity index (χ4v) is 5.18. The zero-order valence-electron chi connectivity index (χ0n) is 17.5. The van der Waals surface area contributed by atoms with E-state index in [1.165, 1.54) is 4.31 Å². The minimum atomic E-state index is -3.51. The molecule has 1 aromatic heterocycles. The number of urea groups is 1. The van der Waals surface area contributed by atoms with Crippen LogP contribution in [0.15, 0.2) is 34.5 Å². The van der Waals surface area contributed by atoms with Crippen molar-refractivity contribution in [2.45, 2.75) is 44.2 Å². The van der Waals surface area contributed by atoms with Gasteiger partial charge in [0.15, 0.2) is 0 Å². The summed E-state index contributed by atoms with van der Waals surface area (Å²) in [6, 6.07) is 6.27. The monoisotopic (exact) mass is 452 g/mol. The number of ether oxygens (including phenoxy) is 1. The zero-order chi connectivity index (χ0) is 21.8. The fourth-order valence-electron chi connectivity index (χ4n) is 2.86. The summed E-state index contributed by atoms with van der Waals surface area (Å²) in [7, 11) is -3.51. The molecule has 30 heavy (non-hydrogen) atoms. The Labute approximate surface area is 181 Å². The van der Waals surface area contributed by atoms with E-state index in [1.54, 1.807) is 35.6 Å². The first-order valence-electron chi connectivity index (χ1n) is 9.80. The number of carbonyl (C=O) groups excluding carboxylic acids is 1. The smallest absolute Gasteiger partial charge is 0.315 e. The molecule has 164 valence electrons. The van der Waals surface area contributed by atoms with Crippen LogP contribution < -0.4 is 10.6 Å². The summed E-state index contributed by atoms with van der Waals surface area (Å²) in [5.41, 5.74) is 1.64. The highest BCUT2D eigenvalue weighted by Crippen LogP contribution is 2.25. The van der Waals surface area contributed by atoms with Gasteiger partial charge in [0.1, 0.15) is 0 Å². The Hall–Kier alpha value is -2.01. The van der Waals surface area contributed by atoms with Gasteiger partial charge < -0.3 is 15.4 Å². The highest BCUT2D eigenvalue weighted by atomic mass is 32.2. The molecule has 2 N–H and O–H groups in total. The predicted molar refractivity (Wildman–Crippen MR) is 116 cm³/mol. The summed E-state index contributed by atoms with van der Waals surface area (Å²) in [5, 5.41) is 8.56. The van der Waals surface area contributed by atoms with Gasteiger partial charge in [0, 0.05) is 30.4 Å². The molecule has 0 saturated carbocycles. The lowest BCUT2D eigenvalue weighted by Crippen LogP contribution is -2.40. The Kier molecular flexibility index (Phi) is 7.12. The Morgan fingerprint density at radius 2 is 1.77 bits per heavy atom. The van der Waals surface area contributed by atoms with Crippen LogP contribution in [0.3, 0.4) is 0 Å². The minimum Gasteiger partial charge on any atom is -0.379 e. The van der Waals surface area contributed by atoms with Crippen LogP contribution in [0.25, 0.3) is 0 Å². The van der Waals surface area contributed by atoms with Crippen LogP contribution in [-0.4, -0.2) is 50.0 Å². The van der Waals surface area contributed by atoms with Crippen LogP contribution in [-0.2, 0) is 33.3 Å². The first-order chi connectivity index (χ1) is 14.2. The van der Waals surface area contributed by atoms with Crippen LogP contribution in [0.5, 0.6) is 0 Å². The van der Waals surface area contributed by atoms with Crippen molar-refractivity contribution in [1.29, 1.82) is 0 Å². The van der Waals surface area contributed by atoms with E-state index in [0.29, 0.717) is 39.4 Å². The summed E-state index contributed by atoms with van der Waals surface area (Å²) in [6.45, 7) is 8.52. The second-order valence-corrected chi connectivity index (χ2v) is 10.9. The molecule has 2 heterocycles. The van der Waals surface area contributed by atoms with Crippen molar-refractivity contribution in [3.63, 3.8) is 0 Å². The first kappa shape index (κ1) is 22.7. The van der Waals surface area contributed by atoms with Crippen LogP contribution >= 0.6 is 11.3 Å². The molecule has 1 aromatic carbocycles. The molecule has 1 aliphatic rings. The molecule has 0 aliphatic carbocycles. The summed E-state index contributed by atoms with van der Waals surface area (Å²) >= 11 is 1.59. The van der Waals surface area contributed by atoms with E-state index in [9.17, 15) is 13.2 Å². The number of nitrogens with one attached hydrogen (secondary N) is 2. The number of carbonyl (C=O) groups is 1. The van der Waals surface area contributed by atoms with Gasteiger partial charge in [-0.05, 0) is 17.7 Å². The topological polar surface area (TPSA) is 101 Å². The van der Waals surface area contributed by atoms with Gasteiger partial charge in [-0.2, -0.15) is 4.31 Å². The third-order valence-corrected chi connectivity index (χ3v) is 7.84. The molecule has 2 amide bonds. The molecular formula is C20H28N4O4S2. The Balaban J connectivity index is 1.48. The lowest BCUT2D eigenvalue weighted by molar-refractivity contribution is 0.0730. The molecule has 1 aliphatic heterocycles. The zero-order valence-corrected chi connectivity index (χ0v) is 19.1. The molecule has 0 bridgehead atoms. The normalized spacial score (nSPS) is 15.7. The van der Waals surface area contributed by atoms with Crippen molar-refractivity contribution in [3.8, 4) is 0 Å². The molecule has 0 radical (unpaired) electrons. The molecule has 3 rings (SSSR count). The van der Waals surface area contributed by atoms with E-state index in [4.69, 9.17) is 4.74 Å². The van der Waals surface area contributed by atoms with Crippen molar-refractivity contribution in [2.24, 2.45) is 0 Å². The van der Waals surface area contributed by atoms with Crippen molar-refractivity contribution in [1.82, 2.24) is 19.9 Å². The molecule has 0 atom stereocenters. The summed E-state index contributed by atoms with van der Waals surface area (Å²) in [4.78, 5) is 16.9. The van der Waals surface area contributed by atoms with Crippen molar-refractivity contribution < 1.29 is 17.9 Å². The van der Waals surface area contributed by atoms with Gasteiger partial charge >= 0.3 is 6.03 Å². The number of hydrogen-bond donors (Lipinski definition) is 2. The van der Waals surface area contributed by atoms with E-state index in [2.05, 4.69) is 36.4 Å². The van der Waals surface area contributed by atoms with Gasteiger partial charge in [-0.1, -0.05) is 32.9 Å². The number of amides is 2. The highest BCUT2D eigenvalue weighted by molar-refractivity contribution is 7.89. The van der Waals surface area contributed by atoms with Crippen molar-refractivity contribution in [2.75, 3.05) is 26.3 Å². The molecule has 0 unspecified atom stereocenters. The quantitative estimate of drug-likeness (QED) is 0.701. The van der Waals surface area contributed by atoms with Gasteiger partial charge in [-0.3, -0.25) is 0 Å². The van der Waals surface area contributed by atoms with E-state index >= 15 is 0 Å². The second kappa shape index (κ2) is 9.42. The number of nitrogens with zero attached hydrogens (tertiary/aromatic N) is 2. The lowest BCUT2D eigenvalue weighted by Gasteiger charge is -2.26. The van der Waals surface area contributed by atoms with E-state index < -0.39 is 10.0 Å². The number of hydrogen-bond acceptors (Lipinski definition) is 6. The lowest BCUT2D eigenvalue weighted by atomic mass is 9.98. The van der Waals surface area contributed by atoms with E-state index in [1.807, 2.05) is 5.38 Å². The third kappa shape index (κ3) is 5.78. The number of aromatic nitrogens is 1. The van der Waals surface area contributed by atoms with Gasteiger partial charge in [0.25, 0.3) is 0 Å². The van der Waals surface area contributed by atoms with Gasteiger partial charge in [0.2, 0.25) is 10.0 Å². The molecular weight excluding hydrogens is 424 g/mol. The maximum atomic E-state index is 12.6. The number of sulfonamides is 1. The predicted octanol–water partition coefficient (Wildman–Crippen LogP) is 2.46. The maximum absolute atomic E-state index is 12.6. The van der Waals surface area contributed by atoms with Gasteiger partial charge in [-0.25, -0.2) is 18.2 Å². The van der Waals surface area contributed by atoms with Crippen LogP contribution in [0.4, 0.5) is 4.79 Å². The molecule has 0 spiro atoms. The SMILES string of the molecule is CC(C)(C)c1nc(CNC(=O)NCc2ccc(S(=O)(=O)N3CCOCC3)cc2)cs1.